The number of nitrogens with one attached hydrogen (secondary N) is 1. The molecule has 140 valence electrons. The lowest BCUT2D eigenvalue weighted by molar-refractivity contribution is -0.119. The van der Waals surface area contributed by atoms with Gasteiger partial charge in [0.05, 0.1) is 25.4 Å². The molecule has 0 aliphatic heterocycles. The lowest BCUT2D eigenvalue weighted by Gasteiger charge is -2.28. The van der Waals surface area contributed by atoms with Crippen LogP contribution in [0.5, 0.6) is 0 Å². The Morgan fingerprint density at radius 2 is 0.739 bits per heavy atom. The van der Waals surface area contributed by atoms with Gasteiger partial charge in [0, 0.05) is 13.1 Å². The van der Waals surface area contributed by atoms with E-state index in [4.69, 9.17) is 20.4 Å². The van der Waals surface area contributed by atoms with Gasteiger partial charge in [-0.3, -0.25) is 0 Å². The zero-order chi connectivity index (χ0) is 18.2. The highest BCUT2D eigenvalue weighted by Crippen LogP contribution is 2.06. The molecule has 0 fully saturated rings. The summed E-state index contributed by atoms with van der Waals surface area (Å²) >= 11 is 0. The van der Waals surface area contributed by atoms with Crippen LogP contribution < -0.4 is 5.32 Å². The monoisotopic (exact) mass is 345 g/mol. The summed E-state index contributed by atoms with van der Waals surface area (Å²) in [5.74, 6) is 0. The topological polar surface area (TPSA) is 214 Å². The van der Waals surface area contributed by atoms with Gasteiger partial charge in [-0.05, 0) is 0 Å². The van der Waals surface area contributed by atoms with Gasteiger partial charge in [-0.15, -0.1) is 0 Å². The third-order valence-electron chi connectivity index (χ3n) is 3.36. The van der Waals surface area contributed by atoms with E-state index in [2.05, 4.69) is 5.32 Å². The fourth-order valence-corrected chi connectivity index (χ4v) is 1.75. The molecule has 11 N–H and O–H groups in total. The molecule has 0 aromatic rings. The van der Waals surface area contributed by atoms with Gasteiger partial charge in [0.25, 0.3) is 0 Å². The van der Waals surface area contributed by atoms with Crippen LogP contribution in [-0.4, -0.2) is 126 Å². The second-order valence-corrected chi connectivity index (χ2v) is 5.26. The molecule has 0 saturated carbocycles. The van der Waals surface area contributed by atoms with E-state index in [-0.39, 0.29) is 13.1 Å². The first-order valence-electron chi connectivity index (χ1n) is 7.04. The molecular formula is C12H27NO10. The maximum Gasteiger partial charge on any atom is 0.111 e. The molecule has 0 aromatic heterocycles. The summed E-state index contributed by atoms with van der Waals surface area (Å²) in [7, 11) is 0. The summed E-state index contributed by atoms with van der Waals surface area (Å²) in [6, 6.07) is 0. The second-order valence-electron chi connectivity index (χ2n) is 5.26. The van der Waals surface area contributed by atoms with Crippen molar-refractivity contribution in [3.05, 3.63) is 0 Å². The Labute approximate surface area is 132 Å². The van der Waals surface area contributed by atoms with E-state index in [1.54, 1.807) is 0 Å². The van der Waals surface area contributed by atoms with Crippen molar-refractivity contribution in [2.45, 2.75) is 48.8 Å². The van der Waals surface area contributed by atoms with Crippen molar-refractivity contribution in [1.82, 2.24) is 5.32 Å². The van der Waals surface area contributed by atoms with Crippen molar-refractivity contribution in [3.63, 3.8) is 0 Å². The molecular weight excluding hydrogens is 318 g/mol. The number of hydrogen-bond acceptors (Lipinski definition) is 11. The lowest BCUT2D eigenvalue weighted by Crippen LogP contribution is -2.52. The zero-order valence-electron chi connectivity index (χ0n) is 12.4. The van der Waals surface area contributed by atoms with E-state index in [0.29, 0.717) is 0 Å². The summed E-state index contributed by atoms with van der Waals surface area (Å²) < 4.78 is 0. The highest BCUT2D eigenvalue weighted by molar-refractivity contribution is 4.84. The van der Waals surface area contributed by atoms with Crippen LogP contribution in [0.15, 0.2) is 0 Å². The van der Waals surface area contributed by atoms with Crippen LogP contribution >= 0.6 is 0 Å². The Hall–Kier alpha value is -0.440. The van der Waals surface area contributed by atoms with Crippen molar-refractivity contribution in [2.24, 2.45) is 0 Å². The van der Waals surface area contributed by atoms with Gasteiger partial charge in [-0.2, -0.15) is 0 Å². The third-order valence-corrected chi connectivity index (χ3v) is 3.36. The maximum absolute atomic E-state index is 9.59. The van der Waals surface area contributed by atoms with E-state index < -0.39 is 62.0 Å². The second kappa shape index (κ2) is 11.2. The Balaban J connectivity index is 4.22. The first kappa shape index (κ1) is 22.6. The third kappa shape index (κ3) is 7.32. The standard InChI is InChI=1S/C12H27NO10/c14-3-7(18)11(22)9(20)5(16)1-13-2-6(17)10(21)12(23)8(19)4-15/h5-23H,1-4H2/t5-,6-,7+,8+,9-,10-,11+,12+/m0/s1. The van der Waals surface area contributed by atoms with Crippen LogP contribution in [0.25, 0.3) is 0 Å². The molecule has 0 aromatic carbocycles. The molecule has 0 rings (SSSR count). The van der Waals surface area contributed by atoms with E-state index in [1.807, 2.05) is 0 Å². The number of rotatable bonds is 12. The van der Waals surface area contributed by atoms with Gasteiger partial charge in [0.1, 0.15) is 36.6 Å². The highest BCUT2D eigenvalue weighted by atomic mass is 16.4. The van der Waals surface area contributed by atoms with Crippen molar-refractivity contribution in [2.75, 3.05) is 26.3 Å². The SMILES string of the molecule is OC[C@@H](O)[C@@H](O)[C@@H](O)[C@@H](O)CNC[C@H](O)[C@H](O)[C@H](O)[C@H](O)CO. The average molecular weight is 345 g/mol. The van der Waals surface area contributed by atoms with Crippen LogP contribution in [0.1, 0.15) is 0 Å². The fraction of sp³-hybridized carbons (Fsp3) is 1.00. The minimum atomic E-state index is -1.78. The maximum atomic E-state index is 9.59. The average Bonchev–Trinajstić information content (AvgIpc) is 2.56. The largest absolute Gasteiger partial charge is 0.394 e. The van der Waals surface area contributed by atoms with E-state index in [1.165, 1.54) is 0 Å². The van der Waals surface area contributed by atoms with Crippen LogP contribution in [0, 0.1) is 0 Å². The first-order chi connectivity index (χ1) is 10.7. The van der Waals surface area contributed by atoms with Gasteiger partial charge in [0.15, 0.2) is 0 Å². The smallest absolute Gasteiger partial charge is 0.111 e. The van der Waals surface area contributed by atoms with E-state index in [0.717, 1.165) is 0 Å². The van der Waals surface area contributed by atoms with Crippen LogP contribution in [0.4, 0.5) is 0 Å². The molecule has 23 heavy (non-hydrogen) atoms. The Morgan fingerprint density at radius 3 is 1.00 bits per heavy atom. The van der Waals surface area contributed by atoms with Crippen LogP contribution in [0.3, 0.4) is 0 Å². The Bertz CT molecular complexity index is 282. The predicted octanol–water partition coefficient (Wildman–Crippen LogP) is -6.55. The summed E-state index contributed by atoms with van der Waals surface area (Å²) in [4.78, 5) is 0. The molecule has 0 spiro atoms. The fourth-order valence-electron chi connectivity index (χ4n) is 1.75. The summed E-state index contributed by atoms with van der Waals surface area (Å²) in [6.07, 6.45) is -13.5. The van der Waals surface area contributed by atoms with Crippen LogP contribution in [0.2, 0.25) is 0 Å². The molecule has 0 heterocycles. The van der Waals surface area contributed by atoms with Gasteiger partial charge in [-0.25, -0.2) is 0 Å². The van der Waals surface area contributed by atoms with Gasteiger partial charge < -0.3 is 56.4 Å². The van der Waals surface area contributed by atoms with Gasteiger partial charge >= 0.3 is 0 Å². The number of hydrogen-bond donors (Lipinski definition) is 11. The summed E-state index contributed by atoms with van der Waals surface area (Å²) in [5, 5.41) is 95.0. The van der Waals surface area contributed by atoms with Gasteiger partial charge in [-0.1, -0.05) is 0 Å². The van der Waals surface area contributed by atoms with Crippen LogP contribution in [-0.2, 0) is 0 Å². The van der Waals surface area contributed by atoms with E-state index >= 15 is 0 Å². The predicted molar refractivity (Wildman–Crippen MR) is 75.1 cm³/mol. The lowest BCUT2D eigenvalue weighted by atomic mass is 10.0. The molecule has 0 amide bonds. The zero-order valence-corrected chi connectivity index (χ0v) is 12.4. The minimum Gasteiger partial charge on any atom is -0.394 e. The number of aliphatic hydroxyl groups excluding tert-OH is 10. The molecule has 0 saturated heterocycles. The summed E-state index contributed by atoms with van der Waals surface area (Å²) in [6.45, 7) is -2.32. The first-order valence-corrected chi connectivity index (χ1v) is 7.04. The van der Waals surface area contributed by atoms with Crippen molar-refractivity contribution in [3.8, 4) is 0 Å². The van der Waals surface area contributed by atoms with Crippen molar-refractivity contribution < 1.29 is 51.1 Å². The van der Waals surface area contributed by atoms with E-state index in [9.17, 15) is 30.6 Å². The quantitative estimate of drug-likeness (QED) is 0.160. The molecule has 0 aliphatic rings. The normalized spacial score (nSPS) is 22.7. The molecule has 0 radical (unpaired) electrons. The van der Waals surface area contributed by atoms with Gasteiger partial charge in [0.2, 0.25) is 0 Å². The molecule has 0 aliphatic carbocycles. The molecule has 11 nitrogen and oxygen atoms in total. The molecule has 8 atom stereocenters. The molecule has 11 heteroatoms. The molecule has 0 unspecified atom stereocenters. The van der Waals surface area contributed by atoms with Crippen molar-refractivity contribution >= 4 is 0 Å². The highest BCUT2D eigenvalue weighted by Gasteiger charge is 2.31. The summed E-state index contributed by atoms with van der Waals surface area (Å²) in [5.41, 5.74) is 0. The Kier molecular flexibility index (Phi) is 11.0. The number of aliphatic hydroxyl groups is 10. The Morgan fingerprint density at radius 1 is 0.478 bits per heavy atom. The van der Waals surface area contributed by atoms with Crippen molar-refractivity contribution in [1.29, 1.82) is 0 Å². The molecule has 0 bridgehead atoms. The minimum absolute atomic E-state index is 0.348.